The number of fused-ring (bicyclic) bond motifs is 1. The van der Waals surface area contributed by atoms with Gasteiger partial charge in [-0.2, -0.15) is 0 Å². The molecular formula is C9H8ClN3O2. The first-order valence-corrected chi connectivity index (χ1v) is 4.77. The zero-order valence-electron chi connectivity index (χ0n) is 7.94. The molecule has 1 N–H and O–H groups in total. The minimum atomic E-state index is -1.06. The Balaban J connectivity index is 2.72. The van der Waals surface area contributed by atoms with Crippen molar-refractivity contribution in [3.8, 4) is 0 Å². The smallest absolute Gasteiger partial charge is 0.337 e. The second-order valence-electron chi connectivity index (χ2n) is 3.03. The quantitative estimate of drug-likeness (QED) is 0.846. The van der Waals surface area contributed by atoms with Crippen molar-refractivity contribution in [2.24, 2.45) is 0 Å². The normalized spacial score (nSPS) is 10.8. The van der Waals surface area contributed by atoms with E-state index in [1.54, 1.807) is 10.7 Å². The minimum Gasteiger partial charge on any atom is -0.478 e. The van der Waals surface area contributed by atoms with Gasteiger partial charge in [0.1, 0.15) is 5.52 Å². The van der Waals surface area contributed by atoms with Gasteiger partial charge in [0.05, 0.1) is 16.1 Å². The van der Waals surface area contributed by atoms with E-state index in [4.69, 9.17) is 16.7 Å². The van der Waals surface area contributed by atoms with Gasteiger partial charge in [-0.25, -0.2) is 9.48 Å². The highest BCUT2D eigenvalue weighted by atomic mass is 35.5. The van der Waals surface area contributed by atoms with E-state index in [9.17, 15) is 4.79 Å². The Morgan fingerprint density at radius 1 is 1.60 bits per heavy atom. The summed E-state index contributed by atoms with van der Waals surface area (Å²) in [7, 11) is 0. The molecule has 2 rings (SSSR count). The fraction of sp³-hybridized carbons (Fsp3) is 0.222. The molecule has 1 aromatic carbocycles. The molecular weight excluding hydrogens is 218 g/mol. The molecule has 0 saturated carbocycles. The molecule has 0 aliphatic heterocycles. The van der Waals surface area contributed by atoms with Gasteiger partial charge >= 0.3 is 5.97 Å². The number of carboxylic acid groups (broad SMARTS) is 1. The summed E-state index contributed by atoms with van der Waals surface area (Å²) in [6, 6.07) is 3.00. The first kappa shape index (κ1) is 9.92. The number of rotatable bonds is 2. The summed E-state index contributed by atoms with van der Waals surface area (Å²) in [5, 5.41) is 16.8. The van der Waals surface area contributed by atoms with Crippen LogP contribution in [0.1, 0.15) is 17.3 Å². The Labute approximate surface area is 90.3 Å². The standard InChI is InChI=1S/C9H8ClN3O2/c1-2-13-8-4-6(10)5(9(14)15)3-7(8)11-12-13/h3-4H,2H2,1H3,(H,14,15). The monoisotopic (exact) mass is 225 g/mol. The van der Waals surface area contributed by atoms with Crippen molar-refractivity contribution in [1.29, 1.82) is 0 Å². The molecule has 6 heteroatoms. The van der Waals surface area contributed by atoms with Crippen LogP contribution in [0.3, 0.4) is 0 Å². The lowest BCUT2D eigenvalue weighted by molar-refractivity contribution is 0.0697. The second kappa shape index (κ2) is 3.51. The Morgan fingerprint density at radius 3 is 2.93 bits per heavy atom. The van der Waals surface area contributed by atoms with Crippen molar-refractivity contribution in [3.05, 3.63) is 22.7 Å². The molecule has 0 radical (unpaired) electrons. The van der Waals surface area contributed by atoms with Crippen molar-refractivity contribution in [3.63, 3.8) is 0 Å². The average molecular weight is 226 g/mol. The van der Waals surface area contributed by atoms with Crippen LogP contribution in [0.5, 0.6) is 0 Å². The molecule has 0 atom stereocenters. The predicted molar refractivity (Wildman–Crippen MR) is 55.2 cm³/mol. The Morgan fingerprint density at radius 2 is 2.33 bits per heavy atom. The van der Waals surface area contributed by atoms with Crippen LogP contribution in [0.2, 0.25) is 5.02 Å². The summed E-state index contributed by atoms with van der Waals surface area (Å²) in [5.41, 5.74) is 1.33. The fourth-order valence-electron chi connectivity index (χ4n) is 1.39. The summed E-state index contributed by atoms with van der Waals surface area (Å²) >= 11 is 5.83. The van der Waals surface area contributed by atoms with Gasteiger partial charge in [0.15, 0.2) is 0 Å². The van der Waals surface area contributed by atoms with Crippen LogP contribution in [0.4, 0.5) is 0 Å². The maximum Gasteiger partial charge on any atom is 0.337 e. The molecule has 5 nitrogen and oxygen atoms in total. The van der Waals surface area contributed by atoms with Gasteiger partial charge in [-0.3, -0.25) is 0 Å². The van der Waals surface area contributed by atoms with Crippen molar-refractivity contribution in [2.45, 2.75) is 13.5 Å². The van der Waals surface area contributed by atoms with E-state index in [-0.39, 0.29) is 10.6 Å². The third kappa shape index (κ3) is 1.55. The number of benzene rings is 1. The average Bonchev–Trinajstić information content (AvgIpc) is 2.58. The third-order valence-electron chi connectivity index (χ3n) is 2.13. The molecule has 1 heterocycles. The molecule has 0 spiro atoms. The van der Waals surface area contributed by atoms with E-state index in [1.165, 1.54) is 6.07 Å². The maximum atomic E-state index is 10.8. The van der Waals surface area contributed by atoms with E-state index in [0.29, 0.717) is 12.1 Å². The molecule has 15 heavy (non-hydrogen) atoms. The van der Waals surface area contributed by atoms with Crippen LogP contribution >= 0.6 is 11.6 Å². The molecule has 0 amide bonds. The van der Waals surface area contributed by atoms with Crippen LogP contribution < -0.4 is 0 Å². The maximum absolute atomic E-state index is 10.8. The Bertz CT molecular complexity index is 535. The minimum absolute atomic E-state index is 0.0484. The fourth-order valence-corrected chi connectivity index (χ4v) is 1.62. The molecule has 0 unspecified atom stereocenters. The predicted octanol–water partition coefficient (Wildman–Crippen LogP) is 1.80. The number of aromatic carboxylic acids is 1. The van der Waals surface area contributed by atoms with Crippen LogP contribution in [0.25, 0.3) is 11.0 Å². The van der Waals surface area contributed by atoms with Gasteiger partial charge in [-0.15, -0.1) is 5.10 Å². The molecule has 0 saturated heterocycles. The lowest BCUT2D eigenvalue weighted by Gasteiger charge is -2.00. The van der Waals surface area contributed by atoms with Crippen LogP contribution in [0.15, 0.2) is 12.1 Å². The second-order valence-corrected chi connectivity index (χ2v) is 3.44. The highest BCUT2D eigenvalue weighted by Gasteiger charge is 2.13. The number of halogens is 1. The first-order chi connectivity index (χ1) is 7.13. The van der Waals surface area contributed by atoms with E-state index in [0.717, 1.165) is 5.52 Å². The number of aryl methyl sites for hydroxylation is 1. The van der Waals surface area contributed by atoms with E-state index < -0.39 is 5.97 Å². The van der Waals surface area contributed by atoms with Crippen molar-refractivity contribution in [2.75, 3.05) is 0 Å². The highest BCUT2D eigenvalue weighted by Crippen LogP contribution is 2.22. The summed E-state index contributed by atoms with van der Waals surface area (Å²) in [6.45, 7) is 2.59. The van der Waals surface area contributed by atoms with Gasteiger partial charge in [-0.05, 0) is 19.1 Å². The number of hydrogen-bond donors (Lipinski definition) is 1. The lowest BCUT2D eigenvalue weighted by Crippen LogP contribution is -1.99. The zero-order chi connectivity index (χ0) is 11.0. The summed E-state index contributed by atoms with van der Waals surface area (Å²) in [4.78, 5) is 10.8. The highest BCUT2D eigenvalue weighted by molar-refractivity contribution is 6.34. The third-order valence-corrected chi connectivity index (χ3v) is 2.45. The van der Waals surface area contributed by atoms with E-state index in [1.807, 2.05) is 6.92 Å². The molecule has 0 bridgehead atoms. The van der Waals surface area contributed by atoms with Crippen LogP contribution in [-0.4, -0.2) is 26.1 Å². The number of nitrogens with zero attached hydrogens (tertiary/aromatic N) is 3. The Kier molecular flexibility index (Phi) is 2.32. The lowest BCUT2D eigenvalue weighted by atomic mass is 10.2. The van der Waals surface area contributed by atoms with Gasteiger partial charge in [0.2, 0.25) is 0 Å². The largest absolute Gasteiger partial charge is 0.478 e. The van der Waals surface area contributed by atoms with E-state index in [2.05, 4.69) is 10.3 Å². The molecule has 0 fully saturated rings. The Hall–Kier alpha value is -1.62. The summed E-state index contributed by atoms with van der Waals surface area (Å²) in [6.07, 6.45) is 0. The van der Waals surface area contributed by atoms with Gasteiger partial charge in [-0.1, -0.05) is 16.8 Å². The SMILES string of the molecule is CCn1nnc2cc(C(=O)O)c(Cl)cc21. The van der Waals surface area contributed by atoms with Crippen LogP contribution in [-0.2, 0) is 6.54 Å². The van der Waals surface area contributed by atoms with Crippen LogP contribution in [0, 0.1) is 0 Å². The number of carbonyl (C=O) groups is 1. The van der Waals surface area contributed by atoms with Crippen molar-refractivity contribution in [1.82, 2.24) is 15.0 Å². The molecule has 0 aliphatic rings. The van der Waals surface area contributed by atoms with E-state index >= 15 is 0 Å². The first-order valence-electron chi connectivity index (χ1n) is 4.39. The molecule has 2 aromatic rings. The number of hydrogen-bond acceptors (Lipinski definition) is 3. The summed E-state index contributed by atoms with van der Waals surface area (Å²) < 4.78 is 1.66. The van der Waals surface area contributed by atoms with Gasteiger partial charge in [0, 0.05) is 6.54 Å². The summed E-state index contributed by atoms with van der Waals surface area (Å²) in [5.74, 6) is -1.06. The molecule has 1 aromatic heterocycles. The molecule has 0 aliphatic carbocycles. The van der Waals surface area contributed by atoms with Gasteiger partial charge in [0.25, 0.3) is 0 Å². The van der Waals surface area contributed by atoms with Crippen molar-refractivity contribution >= 4 is 28.6 Å². The molecule has 78 valence electrons. The van der Waals surface area contributed by atoms with Crippen molar-refractivity contribution < 1.29 is 9.90 Å². The topological polar surface area (TPSA) is 68.0 Å². The van der Waals surface area contributed by atoms with Gasteiger partial charge < -0.3 is 5.11 Å². The zero-order valence-corrected chi connectivity index (χ0v) is 8.69. The number of carboxylic acids is 1. The number of aromatic nitrogens is 3.